The maximum atomic E-state index is 9.78. The first-order valence-electron chi connectivity index (χ1n) is 4.86. The second kappa shape index (κ2) is 6.33. The van der Waals surface area contributed by atoms with E-state index in [0.717, 1.165) is 6.42 Å². The number of ether oxygens (including phenoxy) is 1. The molecule has 0 aliphatic rings. The average molecular weight is 249 g/mol. The van der Waals surface area contributed by atoms with E-state index in [1.54, 1.807) is 18.2 Å². The van der Waals surface area contributed by atoms with E-state index in [-0.39, 0.29) is 6.61 Å². The molecular formula is C11H14Cl2O2. The highest BCUT2D eigenvalue weighted by Crippen LogP contribution is 2.26. The summed E-state index contributed by atoms with van der Waals surface area (Å²) >= 11 is 11.7. The number of aliphatic hydroxyl groups is 1. The number of hydrogen-bond acceptors (Lipinski definition) is 2. The van der Waals surface area contributed by atoms with Gasteiger partial charge in [0.15, 0.2) is 0 Å². The number of halogens is 2. The summed E-state index contributed by atoms with van der Waals surface area (Å²) in [7, 11) is 0. The van der Waals surface area contributed by atoms with Crippen LogP contribution < -0.4 is 0 Å². The Labute approximate surface area is 99.8 Å². The summed E-state index contributed by atoms with van der Waals surface area (Å²) in [6, 6.07) is 5.01. The molecule has 0 aliphatic heterocycles. The zero-order chi connectivity index (χ0) is 11.3. The monoisotopic (exact) mass is 248 g/mol. The fourth-order valence-electron chi connectivity index (χ4n) is 1.20. The van der Waals surface area contributed by atoms with Gasteiger partial charge in [0.1, 0.15) is 6.10 Å². The first kappa shape index (κ1) is 12.8. The van der Waals surface area contributed by atoms with Crippen LogP contribution in [0.4, 0.5) is 0 Å². The van der Waals surface area contributed by atoms with Crippen LogP contribution in [0.1, 0.15) is 25.0 Å². The van der Waals surface area contributed by atoms with Crippen molar-refractivity contribution in [2.75, 3.05) is 13.2 Å². The molecule has 2 nitrogen and oxygen atoms in total. The topological polar surface area (TPSA) is 29.5 Å². The van der Waals surface area contributed by atoms with Gasteiger partial charge in [0, 0.05) is 22.2 Å². The lowest BCUT2D eigenvalue weighted by Gasteiger charge is -2.13. The van der Waals surface area contributed by atoms with Crippen molar-refractivity contribution in [1.29, 1.82) is 0 Å². The minimum absolute atomic E-state index is 0.244. The second-order valence-electron chi connectivity index (χ2n) is 3.26. The Hall–Kier alpha value is -0.280. The first-order valence-corrected chi connectivity index (χ1v) is 5.61. The van der Waals surface area contributed by atoms with E-state index < -0.39 is 6.10 Å². The maximum Gasteiger partial charge on any atom is 0.104 e. The molecule has 1 aromatic rings. The third-order valence-corrected chi connectivity index (χ3v) is 2.52. The predicted octanol–water partition coefficient (Wildman–Crippen LogP) is 3.45. The molecule has 1 rings (SSSR count). The smallest absolute Gasteiger partial charge is 0.104 e. The summed E-state index contributed by atoms with van der Waals surface area (Å²) in [5.41, 5.74) is 0.611. The largest absolute Gasteiger partial charge is 0.386 e. The number of rotatable bonds is 5. The van der Waals surface area contributed by atoms with E-state index in [9.17, 15) is 5.11 Å². The van der Waals surface area contributed by atoms with Crippen LogP contribution in [0.25, 0.3) is 0 Å². The molecule has 0 saturated carbocycles. The Morgan fingerprint density at radius 2 is 2.13 bits per heavy atom. The molecular weight excluding hydrogens is 235 g/mol. The van der Waals surface area contributed by atoms with Crippen LogP contribution in [0.2, 0.25) is 10.0 Å². The summed E-state index contributed by atoms with van der Waals surface area (Å²) in [4.78, 5) is 0. The summed E-state index contributed by atoms with van der Waals surface area (Å²) in [5.74, 6) is 0. The highest BCUT2D eigenvalue weighted by atomic mass is 35.5. The molecule has 84 valence electrons. The summed E-state index contributed by atoms with van der Waals surface area (Å²) < 4.78 is 5.24. The van der Waals surface area contributed by atoms with E-state index in [0.29, 0.717) is 22.2 Å². The van der Waals surface area contributed by atoms with Crippen LogP contribution in [0.5, 0.6) is 0 Å². The molecule has 0 bridgehead atoms. The van der Waals surface area contributed by atoms with Crippen LogP contribution >= 0.6 is 23.2 Å². The molecule has 15 heavy (non-hydrogen) atoms. The number of benzene rings is 1. The molecule has 1 unspecified atom stereocenters. The lowest BCUT2D eigenvalue weighted by Crippen LogP contribution is -2.08. The van der Waals surface area contributed by atoms with E-state index in [1.165, 1.54) is 0 Å². The molecule has 0 aromatic heterocycles. The van der Waals surface area contributed by atoms with Gasteiger partial charge >= 0.3 is 0 Å². The molecule has 4 heteroatoms. The Morgan fingerprint density at radius 3 is 2.80 bits per heavy atom. The Morgan fingerprint density at radius 1 is 1.40 bits per heavy atom. The normalized spacial score (nSPS) is 12.8. The Balaban J connectivity index is 2.64. The van der Waals surface area contributed by atoms with Gasteiger partial charge < -0.3 is 9.84 Å². The van der Waals surface area contributed by atoms with E-state index in [2.05, 4.69) is 0 Å². The lowest BCUT2D eigenvalue weighted by molar-refractivity contribution is 0.0364. The Bertz CT molecular complexity index is 315. The fraction of sp³-hybridized carbons (Fsp3) is 0.455. The summed E-state index contributed by atoms with van der Waals surface area (Å²) in [6.45, 7) is 2.89. The van der Waals surface area contributed by atoms with Gasteiger partial charge in [-0.15, -0.1) is 0 Å². The second-order valence-corrected chi connectivity index (χ2v) is 4.10. The van der Waals surface area contributed by atoms with E-state index in [4.69, 9.17) is 27.9 Å². The standard InChI is InChI=1S/C11H14Cl2O2/c1-2-5-15-7-11(14)9-6-8(12)3-4-10(9)13/h3-4,6,11,14H,2,5,7H2,1H3. The Kier molecular flexibility index (Phi) is 5.40. The molecule has 0 amide bonds. The van der Waals surface area contributed by atoms with Crippen molar-refractivity contribution in [3.05, 3.63) is 33.8 Å². The highest BCUT2D eigenvalue weighted by molar-refractivity contribution is 6.33. The minimum Gasteiger partial charge on any atom is -0.386 e. The zero-order valence-electron chi connectivity index (χ0n) is 8.54. The highest BCUT2D eigenvalue weighted by Gasteiger charge is 2.12. The van der Waals surface area contributed by atoms with Gasteiger partial charge in [0.05, 0.1) is 6.61 Å². The predicted molar refractivity (Wildman–Crippen MR) is 62.5 cm³/mol. The molecule has 1 atom stereocenters. The molecule has 0 aliphatic carbocycles. The van der Waals surface area contributed by atoms with Crippen molar-refractivity contribution in [2.24, 2.45) is 0 Å². The molecule has 0 radical (unpaired) electrons. The van der Waals surface area contributed by atoms with Crippen LogP contribution in [0.15, 0.2) is 18.2 Å². The van der Waals surface area contributed by atoms with E-state index in [1.807, 2.05) is 6.92 Å². The van der Waals surface area contributed by atoms with Crippen molar-refractivity contribution in [1.82, 2.24) is 0 Å². The van der Waals surface area contributed by atoms with Crippen LogP contribution in [-0.2, 0) is 4.74 Å². The summed E-state index contributed by atoms with van der Waals surface area (Å²) in [6.07, 6.45) is 0.207. The van der Waals surface area contributed by atoms with Gasteiger partial charge in [0.2, 0.25) is 0 Å². The third-order valence-electron chi connectivity index (χ3n) is 1.94. The maximum absolute atomic E-state index is 9.78. The van der Waals surface area contributed by atoms with Gasteiger partial charge in [-0.3, -0.25) is 0 Å². The van der Waals surface area contributed by atoms with Crippen molar-refractivity contribution >= 4 is 23.2 Å². The van der Waals surface area contributed by atoms with Crippen molar-refractivity contribution in [3.63, 3.8) is 0 Å². The zero-order valence-corrected chi connectivity index (χ0v) is 10.1. The average Bonchev–Trinajstić information content (AvgIpc) is 2.22. The summed E-state index contributed by atoms with van der Waals surface area (Å²) in [5, 5.41) is 10.9. The van der Waals surface area contributed by atoms with Crippen molar-refractivity contribution in [3.8, 4) is 0 Å². The van der Waals surface area contributed by atoms with Crippen LogP contribution in [-0.4, -0.2) is 18.3 Å². The van der Waals surface area contributed by atoms with Crippen LogP contribution in [0.3, 0.4) is 0 Å². The van der Waals surface area contributed by atoms with Gasteiger partial charge in [-0.2, -0.15) is 0 Å². The first-order chi connectivity index (χ1) is 7.15. The van der Waals surface area contributed by atoms with Crippen molar-refractivity contribution < 1.29 is 9.84 Å². The molecule has 0 saturated heterocycles. The van der Waals surface area contributed by atoms with Gasteiger partial charge in [-0.25, -0.2) is 0 Å². The quantitative estimate of drug-likeness (QED) is 0.810. The number of aliphatic hydroxyl groups excluding tert-OH is 1. The van der Waals surface area contributed by atoms with Gasteiger partial charge in [0.25, 0.3) is 0 Å². The molecule has 1 N–H and O–H groups in total. The van der Waals surface area contributed by atoms with Crippen molar-refractivity contribution in [2.45, 2.75) is 19.4 Å². The number of hydrogen-bond donors (Lipinski definition) is 1. The third kappa shape index (κ3) is 3.99. The molecule has 0 spiro atoms. The SMILES string of the molecule is CCCOCC(O)c1cc(Cl)ccc1Cl. The van der Waals surface area contributed by atoms with Gasteiger partial charge in [-0.05, 0) is 24.6 Å². The molecule has 0 heterocycles. The lowest BCUT2D eigenvalue weighted by atomic mass is 10.1. The van der Waals surface area contributed by atoms with Gasteiger partial charge in [-0.1, -0.05) is 30.1 Å². The fourth-order valence-corrected chi connectivity index (χ4v) is 1.62. The minimum atomic E-state index is -0.720. The molecule has 0 fully saturated rings. The van der Waals surface area contributed by atoms with E-state index >= 15 is 0 Å². The van der Waals surface area contributed by atoms with Crippen LogP contribution in [0, 0.1) is 0 Å². The molecule has 1 aromatic carbocycles.